The van der Waals surface area contributed by atoms with E-state index in [9.17, 15) is 0 Å². The Kier molecular flexibility index (Phi) is 9.50. The van der Waals surface area contributed by atoms with Crippen LogP contribution < -0.4 is 9.80 Å². The molecule has 1 unspecified atom stereocenters. The van der Waals surface area contributed by atoms with E-state index in [4.69, 9.17) is 4.42 Å². The van der Waals surface area contributed by atoms with Gasteiger partial charge in [-0.05, 0) is 137 Å². The fourth-order valence-electron chi connectivity index (χ4n) is 10.6. The van der Waals surface area contributed by atoms with Gasteiger partial charge in [-0.1, -0.05) is 148 Å². The highest BCUT2D eigenvalue weighted by molar-refractivity contribution is 6.22. The van der Waals surface area contributed by atoms with E-state index in [0.717, 1.165) is 52.9 Å². The first-order valence-corrected chi connectivity index (χ1v) is 22.3. The van der Waals surface area contributed by atoms with E-state index in [0.29, 0.717) is 0 Å². The van der Waals surface area contributed by atoms with Crippen LogP contribution >= 0.6 is 0 Å². The number of aryl methyl sites for hydroxylation is 1. The molecule has 0 amide bonds. The minimum Gasteiger partial charge on any atom is -0.456 e. The van der Waals surface area contributed by atoms with Crippen LogP contribution in [0.1, 0.15) is 61.4 Å². The molecule has 7 aromatic carbocycles. The Morgan fingerprint density at radius 2 is 1.37 bits per heavy atom. The van der Waals surface area contributed by atoms with Crippen LogP contribution in [0.25, 0.3) is 49.9 Å². The molecule has 11 rings (SSSR count). The topological polar surface area (TPSA) is 19.6 Å². The largest absolute Gasteiger partial charge is 0.456 e. The predicted octanol–water partition coefficient (Wildman–Crippen LogP) is 16.5. The van der Waals surface area contributed by atoms with Gasteiger partial charge in [0, 0.05) is 56.3 Å². The van der Waals surface area contributed by atoms with Crippen molar-refractivity contribution in [2.45, 2.75) is 51.5 Å². The van der Waals surface area contributed by atoms with Crippen molar-refractivity contribution >= 4 is 78.4 Å². The molecule has 3 aliphatic rings. The summed E-state index contributed by atoms with van der Waals surface area (Å²) in [4.78, 5) is 4.82. The summed E-state index contributed by atoms with van der Waals surface area (Å²) in [6.07, 6.45) is 20.3. The molecule has 0 saturated heterocycles. The minimum absolute atomic E-state index is 0.147. The fourth-order valence-corrected chi connectivity index (χ4v) is 10.6. The maximum absolute atomic E-state index is 7.08. The van der Waals surface area contributed by atoms with E-state index in [-0.39, 0.29) is 11.5 Å². The van der Waals surface area contributed by atoms with Gasteiger partial charge >= 0.3 is 0 Å². The monoisotopic (exact) mass is 814 g/mol. The van der Waals surface area contributed by atoms with E-state index in [1.54, 1.807) is 0 Å². The van der Waals surface area contributed by atoms with E-state index < -0.39 is 0 Å². The fraction of sp³-hybridized carbons (Fsp3) is 0.133. The second-order valence-electron chi connectivity index (χ2n) is 17.6. The van der Waals surface area contributed by atoms with Crippen LogP contribution in [0.5, 0.6) is 0 Å². The zero-order chi connectivity index (χ0) is 42.7. The SMILES string of the molecule is C=C/C=C\C1=C(C)c2ccc(N(c3ccccc3)c3ccc4c(c3)oc3c5c(c6ccccc6c34)C=C(c3ccc(N(c4ccccc4)C4C=CC=CC4)cc3)CC5)cc2C1(C)C. The third kappa shape index (κ3) is 6.50. The number of furan rings is 1. The zero-order valence-electron chi connectivity index (χ0n) is 36.2. The van der Waals surface area contributed by atoms with Crippen LogP contribution in [0.2, 0.25) is 0 Å². The Hall–Kier alpha value is -7.36. The molecule has 3 aliphatic carbocycles. The van der Waals surface area contributed by atoms with Gasteiger partial charge < -0.3 is 14.2 Å². The minimum atomic E-state index is -0.147. The number of hydrogen-bond donors (Lipinski definition) is 0. The van der Waals surface area contributed by atoms with Crippen molar-refractivity contribution in [3.05, 3.63) is 228 Å². The lowest BCUT2D eigenvalue weighted by Gasteiger charge is -2.32. The normalized spacial score (nSPS) is 16.5. The van der Waals surface area contributed by atoms with Crippen LogP contribution in [-0.4, -0.2) is 6.04 Å². The molecular weight excluding hydrogens is 765 g/mol. The summed E-state index contributed by atoms with van der Waals surface area (Å²) < 4.78 is 7.08. The van der Waals surface area contributed by atoms with E-state index in [2.05, 4.69) is 225 Å². The molecule has 3 heteroatoms. The number of fused-ring (bicyclic) bond motifs is 9. The molecule has 0 bridgehead atoms. The van der Waals surface area contributed by atoms with E-state index in [1.165, 1.54) is 72.1 Å². The average molecular weight is 815 g/mol. The van der Waals surface area contributed by atoms with E-state index >= 15 is 0 Å². The highest BCUT2D eigenvalue weighted by Gasteiger charge is 2.35. The Labute approximate surface area is 370 Å². The Morgan fingerprint density at radius 3 is 2.11 bits per heavy atom. The summed E-state index contributed by atoms with van der Waals surface area (Å²) in [6.45, 7) is 10.8. The van der Waals surface area contributed by atoms with Crippen LogP contribution in [0.3, 0.4) is 0 Å². The number of rotatable bonds is 9. The second-order valence-corrected chi connectivity index (χ2v) is 17.6. The number of nitrogens with zero attached hydrogens (tertiary/aromatic N) is 2. The van der Waals surface area contributed by atoms with Crippen molar-refractivity contribution in [2.24, 2.45) is 0 Å². The molecule has 0 spiro atoms. The standard InChI is InChI=1S/C60H50N2O/c1-5-6-26-55-40(2)49-35-32-47(38-56(49)60(55,3)4)62(45-22-14-9-15-23-45)48-33-36-53-57(39-48)63-59-52-34-29-42(37-54(52)50-24-16-17-25-51(50)58(53)59)41-27-30-46(31-28-41)61(43-18-10-7-11-19-43)44-20-12-8-13-21-44/h5-20,22-28,30-33,35-39,44H,1,21,29,34H2,2-4H3/b26-6-. The van der Waals surface area contributed by atoms with Crippen molar-refractivity contribution in [1.29, 1.82) is 0 Å². The van der Waals surface area contributed by atoms with Gasteiger partial charge in [-0.3, -0.25) is 0 Å². The van der Waals surface area contributed by atoms with E-state index in [1.807, 2.05) is 6.08 Å². The molecule has 1 aromatic heterocycles. The maximum Gasteiger partial charge on any atom is 0.139 e. The number of para-hydroxylation sites is 2. The van der Waals surface area contributed by atoms with Gasteiger partial charge in [-0.2, -0.15) is 0 Å². The van der Waals surface area contributed by atoms with Crippen molar-refractivity contribution < 1.29 is 4.42 Å². The van der Waals surface area contributed by atoms with Gasteiger partial charge in [0.2, 0.25) is 0 Å². The van der Waals surface area contributed by atoms with Gasteiger partial charge in [-0.25, -0.2) is 0 Å². The molecule has 8 aromatic rings. The molecular formula is C60H50N2O. The van der Waals surface area contributed by atoms with Crippen LogP contribution in [0.4, 0.5) is 28.4 Å². The van der Waals surface area contributed by atoms with Gasteiger partial charge in [0.05, 0.1) is 6.04 Å². The summed E-state index contributed by atoms with van der Waals surface area (Å²) in [5.74, 6) is 0. The van der Waals surface area contributed by atoms with Crippen molar-refractivity contribution in [2.75, 3.05) is 9.80 Å². The second kappa shape index (κ2) is 15.5. The first-order valence-electron chi connectivity index (χ1n) is 22.3. The highest BCUT2D eigenvalue weighted by Crippen LogP contribution is 2.50. The number of allylic oxidation sites excluding steroid dienone is 8. The van der Waals surface area contributed by atoms with Gasteiger partial charge in [0.15, 0.2) is 0 Å². The average Bonchev–Trinajstić information content (AvgIpc) is 3.80. The first kappa shape index (κ1) is 38.6. The van der Waals surface area contributed by atoms with Gasteiger partial charge in [-0.15, -0.1) is 0 Å². The third-order valence-electron chi connectivity index (χ3n) is 13.7. The molecule has 306 valence electrons. The maximum atomic E-state index is 7.08. The molecule has 0 radical (unpaired) electrons. The highest BCUT2D eigenvalue weighted by atomic mass is 16.3. The smallest absolute Gasteiger partial charge is 0.139 e. The molecule has 3 nitrogen and oxygen atoms in total. The predicted molar refractivity (Wildman–Crippen MR) is 269 cm³/mol. The van der Waals surface area contributed by atoms with Crippen molar-refractivity contribution in [3.63, 3.8) is 0 Å². The number of hydrogen-bond acceptors (Lipinski definition) is 3. The molecule has 0 N–H and O–H groups in total. The van der Waals surface area contributed by atoms with Crippen molar-refractivity contribution in [3.8, 4) is 0 Å². The molecule has 0 saturated carbocycles. The van der Waals surface area contributed by atoms with Gasteiger partial charge in [0.25, 0.3) is 0 Å². The Morgan fingerprint density at radius 1 is 0.683 bits per heavy atom. The molecule has 0 aliphatic heterocycles. The van der Waals surface area contributed by atoms with Crippen LogP contribution in [0.15, 0.2) is 205 Å². The molecule has 1 atom stereocenters. The summed E-state index contributed by atoms with van der Waals surface area (Å²) in [5.41, 5.74) is 17.9. The third-order valence-corrected chi connectivity index (χ3v) is 13.7. The summed E-state index contributed by atoms with van der Waals surface area (Å²) >= 11 is 0. The lowest BCUT2D eigenvalue weighted by molar-refractivity contribution is 0.654. The van der Waals surface area contributed by atoms with Crippen LogP contribution in [-0.2, 0) is 11.8 Å². The molecule has 0 fully saturated rings. The van der Waals surface area contributed by atoms with Gasteiger partial charge in [0.1, 0.15) is 11.2 Å². The molecule has 1 heterocycles. The zero-order valence-corrected chi connectivity index (χ0v) is 36.2. The van der Waals surface area contributed by atoms with Crippen molar-refractivity contribution in [1.82, 2.24) is 0 Å². The Bertz CT molecular complexity index is 3250. The lowest BCUT2D eigenvalue weighted by atomic mass is 9.80. The summed E-state index contributed by atoms with van der Waals surface area (Å²) in [6, 6.07) is 53.5. The molecule has 63 heavy (non-hydrogen) atoms. The first-order chi connectivity index (χ1) is 30.9. The summed E-state index contributed by atoms with van der Waals surface area (Å²) in [5, 5.41) is 4.84. The lowest BCUT2D eigenvalue weighted by Crippen LogP contribution is -2.29. The summed E-state index contributed by atoms with van der Waals surface area (Å²) in [7, 11) is 0. The Balaban J connectivity index is 0.993. The number of benzene rings is 7. The van der Waals surface area contributed by atoms with Crippen LogP contribution in [0, 0.1) is 0 Å². The quantitative estimate of drug-likeness (QED) is 0.135. The number of anilines is 5.